The molecule has 126 valence electrons. The van der Waals surface area contributed by atoms with Crippen LogP contribution in [0.25, 0.3) is 22.7 Å². The third-order valence-corrected chi connectivity index (χ3v) is 4.37. The summed E-state index contributed by atoms with van der Waals surface area (Å²) in [6.07, 6.45) is 1.76. The molecule has 0 amide bonds. The number of rotatable bonds is 4. The molecule has 0 saturated heterocycles. The van der Waals surface area contributed by atoms with Gasteiger partial charge in [0.1, 0.15) is 11.9 Å². The van der Waals surface area contributed by atoms with Gasteiger partial charge in [0.25, 0.3) is 0 Å². The first-order valence-electron chi connectivity index (χ1n) is 7.55. The number of nitrogens with one attached hydrogen (secondary N) is 1. The zero-order chi connectivity index (χ0) is 18.0. The first-order valence-corrected chi connectivity index (χ1v) is 8.35. The first-order chi connectivity index (χ1) is 12.0. The average molecular weight is 398 g/mol. The smallest absolute Gasteiger partial charge is 0.174 e. The fourth-order valence-corrected chi connectivity index (χ4v) is 3.21. The highest BCUT2D eigenvalue weighted by Crippen LogP contribution is 2.37. The number of H-pyrrole nitrogens is 1. The zero-order valence-corrected chi connectivity index (χ0v) is 15.6. The van der Waals surface area contributed by atoms with Crippen LogP contribution in [-0.2, 0) is 0 Å². The van der Waals surface area contributed by atoms with E-state index in [0.29, 0.717) is 22.9 Å². The molecule has 0 saturated carbocycles. The van der Waals surface area contributed by atoms with E-state index in [2.05, 4.69) is 32.0 Å². The van der Waals surface area contributed by atoms with E-state index in [1.165, 1.54) is 0 Å². The number of aryl methyl sites for hydroxylation is 1. The van der Waals surface area contributed by atoms with Crippen LogP contribution >= 0.6 is 15.9 Å². The number of nitriles is 1. The predicted molar refractivity (Wildman–Crippen MR) is 102 cm³/mol. The van der Waals surface area contributed by atoms with Gasteiger partial charge in [0, 0.05) is 0 Å². The Balaban J connectivity index is 2.08. The van der Waals surface area contributed by atoms with E-state index in [1.54, 1.807) is 20.3 Å². The summed E-state index contributed by atoms with van der Waals surface area (Å²) in [5.74, 6) is 1.73. The van der Waals surface area contributed by atoms with E-state index < -0.39 is 0 Å². The molecule has 6 heteroatoms. The Morgan fingerprint density at radius 3 is 2.72 bits per heavy atom. The predicted octanol–water partition coefficient (Wildman–Crippen LogP) is 4.72. The maximum absolute atomic E-state index is 9.57. The second-order valence-corrected chi connectivity index (χ2v) is 6.37. The summed E-state index contributed by atoms with van der Waals surface area (Å²) >= 11 is 3.46. The van der Waals surface area contributed by atoms with E-state index in [1.807, 2.05) is 37.3 Å². The van der Waals surface area contributed by atoms with Crippen molar-refractivity contribution in [2.24, 2.45) is 0 Å². The molecule has 0 unspecified atom stereocenters. The highest BCUT2D eigenvalue weighted by atomic mass is 79.9. The largest absolute Gasteiger partial charge is 0.493 e. The maximum Gasteiger partial charge on any atom is 0.174 e. The van der Waals surface area contributed by atoms with Crippen LogP contribution in [0.5, 0.6) is 11.5 Å². The van der Waals surface area contributed by atoms with E-state index in [-0.39, 0.29) is 0 Å². The second-order valence-electron chi connectivity index (χ2n) is 5.51. The molecular formula is C19H16BrN3O2. The number of aromatic nitrogens is 2. The molecule has 0 atom stereocenters. The molecule has 2 aromatic carbocycles. The molecule has 0 fully saturated rings. The number of methoxy groups -OCH3 is 2. The van der Waals surface area contributed by atoms with Crippen LogP contribution in [0, 0.1) is 18.3 Å². The zero-order valence-electron chi connectivity index (χ0n) is 14.1. The fraction of sp³-hybridized carbons (Fsp3) is 0.158. The van der Waals surface area contributed by atoms with Crippen molar-refractivity contribution in [3.63, 3.8) is 0 Å². The van der Waals surface area contributed by atoms with Crippen molar-refractivity contribution in [3.05, 3.63) is 51.8 Å². The topological polar surface area (TPSA) is 70.9 Å². The SMILES string of the molecule is COc1cc(/C=C(\C#N)c2nc3ccc(C)cc3[nH]2)cc(Br)c1OC. The number of hydrogen-bond acceptors (Lipinski definition) is 4. The van der Waals surface area contributed by atoms with Gasteiger partial charge in [-0.25, -0.2) is 4.98 Å². The Morgan fingerprint density at radius 2 is 2.04 bits per heavy atom. The summed E-state index contributed by atoms with van der Waals surface area (Å²) in [6.45, 7) is 2.02. The van der Waals surface area contributed by atoms with Crippen LogP contribution in [0.1, 0.15) is 17.0 Å². The summed E-state index contributed by atoms with van der Waals surface area (Å²) in [4.78, 5) is 7.71. The van der Waals surface area contributed by atoms with Gasteiger partial charge in [0.2, 0.25) is 0 Å². The van der Waals surface area contributed by atoms with Gasteiger partial charge in [-0.15, -0.1) is 0 Å². The van der Waals surface area contributed by atoms with Crippen LogP contribution in [0.3, 0.4) is 0 Å². The first kappa shape index (κ1) is 17.1. The average Bonchev–Trinajstić information content (AvgIpc) is 3.01. The number of benzene rings is 2. The molecule has 0 aliphatic heterocycles. The quantitative estimate of drug-likeness (QED) is 0.646. The Bertz CT molecular complexity index is 1020. The van der Waals surface area contributed by atoms with Crippen LogP contribution in [-0.4, -0.2) is 24.2 Å². The number of ether oxygens (including phenoxy) is 2. The van der Waals surface area contributed by atoms with Crippen LogP contribution < -0.4 is 9.47 Å². The van der Waals surface area contributed by atoms with Gasteiger partial charge in [-0.2, -0.15) is 5.26 Å². The molecule has 0 spiro atoms. The van der Waals surface area contributed by atoms with Crippen molar-refractivity contribution < 1.29 is 9.47 Å². The monoisotopic (exact) mass is 397 g/mol. The summed E-state index contributed by atoms with van der Waals surface area (Å²) in [7, 11) is 3.15. The Hall–Kier alpha value is -2.78. The number of halogens is 1. The molecular weight excluding hydrogens is 382 g/mol. The van der Waals surface area contributed by atoms with Crippen molar-refractivity contribution in [1.29, 1.82) is 5.26 Å². The minimum absolute atomic E-state index is 0.438. The molecule has 1 N–H and O–H groups in total. The Kier molecular flexibility index (Phi) is 4.77. The number of hydrogen-bond donors (Lipinski definition) is 1. The third kappa shape index (κ3) is 3.37. The van der Waals surface area contributed by atoms with Crippen molar-refractivity contribution in [2.75, 3.05) is 14.2 Å². The third-order valence-electron chi connectivity index (χ3n) is 3.78. The molecule has 1 aromatic heterocycles. The summed E-state index contributed by atoms with van der Waals surface area (Å²) in [6, 6.07) is 11.8. The van der Waals surface area contributed by atoms with E-state index in [9.17, 15) is 5.26 Å². The Morgan fingerprint density at radius 1 is 1.24 bits per heavy atom. The molecule has 5 nitrogen and oxygen atoms in total. The second kappa shape index (κ2) is 6.99. The van der Waals surface area contributed by atoms with Gasteiger partial charge in [0.05, 0.1) is 35.3 Å². The van der Waals surface area contributed by atoms with E-state index in [4.69, 9.17) is 9.47 Å². The standard InChI is InChI=1S/C19H16BrN3O2/c1-11-4-5-15-16(6-11)23-19(22-15)13(10-21)7-12-8-14(20)18(25-3)17(9-12)24-2/h4-9H,1-3H3,(H,22,23)/b13-7+. The van der Waals surface area contributed by atoms with E-state index >= 15 is 0 Å². The lowest BCUT2D eigenvalue weighted by atomic mass is 10.1. The lowest BCUT2D eigenvalue weighted by molar-refractivity contribution is 0.353. The summed E-state index contributed by atoms with van der Waals surface area (Å²) in [5, 5.41) is 9.57. The molecule has 3 aromatic rings. The highest BCUT2D eigenvalue weighted by Gasteiger charge is 2.12. The maximum atomic E-state index is 9.57. The van der Waals surface area contributed by atoms with Gasteiger partial charge in [-0.1, -0.05) is 6.07 Å². The molecule has 0 radical (unpaired) electrons. The van der Waals surface area contributed by atoms with Crippen molar-refractivity contribution in [3.8, 4) is 17.6 Å². The molecule has 3 rings (SSSR count). The summed E-state index contributed by atoms with van der Waals surface area (Å²) < 4.78 is 11.4. The van der Waals surface area contributed by atoms with Crippen LogP contribution in [0.15, 0.2) is 34.8 Å². The molecule has 1 heterocycles. The van der Waals surface area contributed by atoms with Crippen molar-refractivity contribution >= 4 is 38.6 Å². The number of fused-ring (bicyclic) bond motifs is 1. The molecule has 25 heavy (non-hydrogen) atoms. The number of nitrogens with zero attached hydrogens (tertiary/aromatic N) is 2. The molecule has 0 aliphatic carbocycles. The number of aromatic amines is 1. The van der Waals surface area contributed by atoms with Crippen LogP contribution in [0.2, 0.25) is 0 Å². The number of allylic oxidation sites excluding steroid dienone is 1. The normalized spacial score (nSPS) is 11.4. The fourth-order valence-electron chi connectivity index (χ4n) is 2.59. The highest BCUT2D eigenvalue weighted by molar-refractivity contribution is 9.10. The van der Waals surface area contributed by atoms with Gasteiger partial charge < -0.3 is 14.5 Å². The van der Waals surface area contributed by atoms with E-state index in [0.717, 1.165) is 26.6 Å². The molecule has 0 bridgehead atoms. The van der Waals surface area contributed by atoms with Crippen molar-refractivity contribution in [2.45, 2.75) is 6.92 Å². The van der Waals surface area contributed by atoms with Gasteiger partial charge in [0.15, 0.2) is 11.5 Å². The van der Waals surface area contributed by atoms with Gasteiger partial charge >= 0.3 is 0 Å². The lowest BCUT2D eigenvalue weighted by Crippen LogP contribution is -1.93. The van der Waals surface area contributed by atoms with Crippen molar-refractivity contribution in [1.82, 2.24) is 9.97 Å². The minimum atomic E-state index is 0.438. The summed E-state index contributed by atoms with van der Waals surface area (Å²) in [5.41, 5.74) is 4.11. The number of imidazole rings is 1. The molecule has 0 aliphatic rings. The Labute approximate surface area is 154 Å². The minimum Gasteiger partial charge on any atom is -0.493 e. The van der Waals surface area contributed by atoms with Crippen LogP contribution in [0.4, 0.5) is 0 Å². The lowest BCUT2D eigenvalue weighted by Gasteiger charge is -2.10. The van der Waals surface area contributed by atoms with Gasteiger partial charge in [-0.3, -0.25) is 0 Å². The van der Waals surface area contributed by atoms with Gasteiger partial charge in [-0.05, 0) is 64.3 Å².